The SMILES string of the molecule is CCCNC(=O)Nc1cn(CC)nc1C(N)=O. The van der Waals surface area contributed by atoms with E-state index in [1.54, 1.807) is 6.20 Å². The Labute approximate surface area is 99.4 Å². The van der Waals surface area contributed by atoms with Crippen molar-refractivity contribution in [3.05, 3.63) is 11.9 Å². The van der Waals surface area contributed by atoms with Crippen molar-refractivity contribution < 1.29 is 9.59 Å². The van der Waals surface area contributed by atoms with Crippen LogP contribution >= 0.6 is 0 Å². The number of nitrogens with one attached hydrogen (secondary N) is 2. The van der Waals surface area contributed by atoms with Crippen molar-refractivity contribution in [2.45, 2.75) is 26.8 Å². The van der Waals surface area contributed by atoms with Crippen LogP contribution in [0.1, 0.15) is 30.8 Å². The number of aromatic nitrogens is 2. The van der Waals surface area contributed by atoms with Gasteiger partial charge in [0.05, 0.1) is 5.69 Å². The van der Waals surface area contributed by atoms with Gasteiger partial charge in [-0.3, -0.25) is 9.48 Å². The summed E-state index contributed by atoms with van der Waals surface area (Å²) >= 11 is 0. The molecule has 94 valence electrons. The third-order valence-corrected chi connectivity index (χ3v) is 2.10. The van der Waals surface area contributed by atoms with Gasteiger partial charge >= 0.3 is 6.03 Å². The van der Waals surface area contributed by atoms with E-state index in [1.165, 1.54) is 4.68 Å². The van der Waals surface area contributed by atoms with Gasteiger partial charge in [-0.1, -0.05) is 6.92 Å². The molecule has 7 nitrogen and oxygen atoms in total. The highest BCUT2D eigenvalue weighted by atomic mass is 16.2. The number of carbonyl (C=O) groups is 2. The van der Waals surface area contributed by atoms with E-state index in [1.807, 2.05) is 13.8 Å². The smallest absolute Gasteiger partial charge is 0.319 e. The van der Waals surface area contributed by atoms with Gasteiger partial charge in [0.2, 0.25) is 0 Å². The van der Waals surface area contributed by atoms with Gasteiger partial charge < -0.3 is 16.4 Å². The topological polar surface area (TPSA) is 102 Å². The summed E-state index contributed by atoms with van der Waals surface area (Å²) in [5.74, 6) is -0.664. The predicted octanol–water partition coefficient (Wildman–Crippen LogP) is 0.533. The van der Waals surface area contributed by atoms with Gasteiger partial charge in [0.15, 0.2) is 5.69 Å². The lowest BCUT2D eigenvalue weighted by Crippen LogP contribution is -2.30. The molecule has 0 unspecified atom stereocenters. The molecule has 0 bridgehead atoms. The summed E-state index contributed by atoms with van der Waals surface area (Å²) in [6.07, 6.45) is 2.41. The van der Waals surface area contributed by atoms with Crippen LogP contribution in [0.5, 0.6) is 0 Å². The monoisotopic (exact) mass is 239 g/mol. The Kier molecular flexibility index (Phi) is 4.50. The molecule has 0 spiro atoms. The fourth-order valence-electron chi connectivity index (χ4n) is 1.26. The molecule has 17 heavy (non-hydrogen) atoms. The Morgan fingerprint density at radius 2 is 2.18 bits per heavy atom. The van der Waals surface area contributed by atoms with Crippen molar-refractivity contribution in [3.63, 3.8) is 0 Å². The summed E-state index contributed by atoms with van der Waals surface area (Å²) in [4.78, 5) is 22.6. The summed E-state index contributed by atoms with van der Waals surface area (Å²) < 4.78 is 1.54. The molecule has 1 rings (SSSR count). The second-order valence-electron chi connectivity index (χ2n) is 3.49. The number of anilines is 1. The number of primary amides is 1. The zero-order valence-corrected chi connectivity index (χ0v) is 9.99. The zero-order valence-electron chi connectivity index (χ0n) is 9.99. The molecular weight excluding hydrogens is 222 g/mol. The van der Waals surface area contributed by atoms with Crippen LogP contribution in [0.15, 0.2) is 6.20 Å². The highest BCUT2D eigenvalue weighted by Crippen LogP contribution is 2.12. The number of carbonyl (C=O) groups excluding carboxylic acids is 2. The fourth-order valence-corrected chi connectivity index (χ4v) is 1.26. The lowest BCUT2D eigenvalue weighted by Gasteiger charge is -2.04. The lowest BCUT2D eigenvalue weighted by molar-refractivity contribution is 0.0995. The van der Waals surface area contributed by atoms with Crippen LogP contribution in [-0.4, -0.2) is 28.3 Å². The highest BCUT2D eigenvalue weighted by molar-refractivity contribution is 6.00. The van der Waals surface area contributed by atoms with Crippen LogP contribution in [0, 0.1) is 0 Å². The van der Waals surface area contributed by atoms with Gasteiger partial charge in [0, 0.05) is 19.3 Å². The maximum Gasteiger partial charge on any atom is 0.319 e. The Balaban J connectivity index is 2.78. The van der Waals surface area contributed by atoms with Gasteiger partial charge in [0.25, 0.3) is 5.91 Å². The third-order valence-electron chi connectivity index (χ3n) is 2.10. The van der Waals surface area contributed by atoms with Crippen molar-refractivity contribution in [2.75, 3.05) is 11.9 Å². The Bertz CT molecular complexity index is 413. The van der Waals surface area contributed by atoms with E-state index in [4.69, 9.17) is 5.73 Å². The van der Waals surface area contributed by atoms with Crippen LogP contribution in [0.25, 0.3) is 0 Å². The molecule has 0 aliphatic carbocycles. The normalized spacial score (nSPS) is 10.0. The van der Waals surface area contributed by atoms with Crippen LogP contribution in [-0.2, 0) is 6.54 Å². The second-order valence-corrected chi connectivity index (χ2v) is 3.49. The summed E-state index contributed by atoms with van der Waals surface area (Å²) in [6.45, 7) is 4.99. The van der Waals surface area contributed by atoms with Crippen LogP contribution in [0.2, 0.25) is 0 Å². The van der Waals surface area contributed by atoms with E-state index < -0.39 is 5.91 Å². The first kappa shape index (κ1) is 13.0. The Hall–Kier alpha value is -2.05. The molecular formula is C10H17N5O2. The van der Waals surface area contributed by atoms with E-state index in [9.17, 15) is 9.59 Å². The maximum atomic E-state index is 11.4. The molecule has 0 atom stereocenters. The maximum absolute atomic E-state index is 11.4. The van der Waals surface area contributed by atoms with Crippen molar-refractivity contribution in [1.82, 2.24) is 15.1 Å². The molecule has 3 amide bonds. The first-order valence-corrected chi connectivity index (χ1v) is 5.50. The van der Waals surface area contributed by atoms with E-state index in [0.717, 1.165) is 6.42 Å². The van der Waals surface area contributed by atoms with Gasteiger partial charge in [-0.05, 0) is 13.3 Å². The molecule has 1 heterocycles. The molecule has 1 aromatic rings. The first-order chi connectivity index (χ1) is 8.08. The first-order valence-electron chi connectivity index (χ1n) is 5.50. The summed E-state index contributed by atoms with van der Waals surface area (Å²) in [7, 11) is 0. The number of aryl methyl sites for hydroxylation is 1. The van der Waals surface area contributed by atoms with Gasteiger partial charge in [0.1, 0.15) is 0 Å². The average Bonchev–Trinajstić information content (AvgIpc) is 2.69. The minimum absolute atomic E-state index is 0.0681. The average molecular weight is 239 g/mol. The van der Waals surface area contributed by atoms with E-state index >= 15 is 0 Å². The minimum atomic E-state index is -0.664. The zero-order chi connectivity index (χ0) is 12.8. The Morgan fingerprint density at radius 3 is 2.71 bits per heavy atom. The summed E-state index contributed by atoms with van der Waals surface area (Å²) in [6, 6.07) is -0.370. The van der Waals surface area contributed by atoms with Crippen molar-refractivity contribution in [3.8, 4) is 0 Å². The highest BCUT2D eigenvalue weighted by Gasteiger charge is 2.15. The van der Waals surface area contributed by atoms with Crippen molar-refractivity contribution in [2.24, 2.45) is 5.73 Å². The number of amides is 3. The Morgan fingerprint density at radius 1 is 1.47 bits per heavy atom. The molecule has 0 saturated carbocycles. The molecule has 4 N–H and O–H groups in total. The molecule has 0 aliphatic rings. The molecule has 0 fully saturated rings. The van der Waals surface area contributed by atoms with Gasteiger partial charge in [-0.2, -0.15) is 5.10 Å². The van der Waals surface area contributed by atoms with E-state index in [0.29, 0.717) is 18.8 Å². The summed E-state index contributed by atoms with van der Waals surface area (Å²) in [5, 5.41) is 9.14. The number of urea groups is 1. The predicted molar refractivity (Wildman–Crippen MR) is 63.7 cm³/mol. The molecule has 0 radical (unpaired) electrons. The van der Waals surface area contributed by atoms with Crippen LogP contribution in [0.3, 0.4) is 0 Å². The van der Waals surface area contributed by atoms with Gasteiger partial charge in [-0.15, -0.1) is 0 Å². The quantitative estimate of drug-likeness (QED) is 0.698. The molecule has 0 aromatic carbocycles. The van der Waals surface area contributed by atoms with Gasteiger partial charge in [-0.25, -0.2) is 4.79 Å². The number of nitrogens with zero attached hydrogens (tertiary/aromatic N) is 2. The number of nitrogens with two attached hydrogens (primary N) is 1. The number of rotatable bonds is 5. The van der Waals surface area contributed by atoms with E-state index in [2.05, 4.69) is 15.7 Å². The largest absolute Gasteiger partial charge is 0.364 e. The molecule has 0 saturated heterocycles. The lowest BCUT2D eigenvalue weighted by atomic mass is 10.3. The van der Waals surface area contributed by atoms with E-state index in [-0.39, 0.29) is 11.7 Å². The second kappa shape index (κ2) is 5.88. The van der Waals surface area contributed by atoms with Crippen LogP contribution in [0.4, 0.5) is 10.5 Å². The number of hydrogen-bond acceptors (Lipinski definition) is 3. The standard InChI is InChI=1S/C10H17N5O2/c1-3-5-12-10(17)13-7-6-15(4-2)14-8(7)9(11)16/h6H,3-5H2,1-2H3,(H2,11,16)(H2,12,13,17). The van der Waals surface area contributed by atoms with Crippen molar-refractivity contribution >= 4 is 17.6 Å². The molecule has 0 aliphatic heterocycles. The molecule has 7 heteroatoms. The number of hydrogen-bond donors (Lipinski definition) is 3. The van der Waals surface area contributed by atoms with Crippen molar-refractivity contribution in [1.29, 1.82) is 0 Å². The van der Waals surface area contributed by atoms with Crippen LogP contribution < -0.4 is 16.4 Å². The fraction of sp³-hybridized carbons (Fsp3) is 0.500. The summed E-state index contributed by atoms with van der Waals surface area (Å²) in [5.41, 5.74) is 5.57. The minimum Gasteiger partial charge on any atom is -0.364 e. The molecule has 1 aromatic heterocycles. The third kappa shape index (κ3) is 3.47.